The molecule has 4 N–H and O–H groups in total. The largest absolute Gasteiger partial charge is 0.493 e. The average molecular weight is 794 g/mol. The van der Waals surface area contributed by atoms with Crippen molar-refractivity contribution >= 4 is 23.6 Å². The topological polar surface area (TPSA) is 216 Å². The molecule has 0 spiro atoms. The lowest BCUT2D eigenvalue weighted by Crippen LogP contribution is -2.58. The maximum Gasteiger partial charge on any atom is 0.253 e. The summed E-state index contributed by atoms with van der Waals surface area (Å²) in [5.74, 6) is -0.553. The third kappa shape index (κ3) is 10.4. The molecule has 17 heteroatoms. The molecule has 0 fully saturated rings. The Morgan fingerprint density at radius 3 is 2.41 bits per heavy atom. The van der Waals surface area contributed by atoms with Crippen molar-refractivity contribution in [1.82, 2.24) is 46.0 Å². The van der Waals surface area contributed by atoms with E-state index in [9.17, 15) is 24.3 Å². The van der Waals surface area contributed by atoms with Gasteiger partial charge in [0, 0.05) is 61.3 Å². The first-order valence-corrected chi connectivity index (χ1v) is 19.0. The zero-order valence-corrected chi connectivity index (χ0v) is 32.8. The monoisotopic (exact) mass is 793 g/mol. The van der Waals surface area contributed by atoms with Crippen molar-refractivity contribution in [2.45, 2.75) is 64.3 Å². The van der Waals surface area contributed by atoms with Crippen LogP contribution < -0.4 is 25.4 Å². The molecule has 5 aromatic rings. The number of aliphatic hydroxyl groups excluding tert-OH is 1. The number of aliphatic hydroxyl groups is 1. The number of carbonyl (C=O) groups is 4. The van der Waals surface area contributed by atoms with Gasteiger partial charge in [0.05, 0.1) is 25.5 Å². The van der Waals surface area contributed by atoms with Crippen LogP contribution in [0.5, 0.6) is 11.5 Å². The summed E-state index contributed by atoms with van der Waals surface area (Å²) in [4.78, 5) is 61.0. The maximum atomic E-state index is 14.0. The van der Waals surface area contributed by atoms with E-state index in [0.717, 1.165) is 5.56 Å². The Kier molecular flexibility index (Phi) is 13.4. The van der Waals surface area contributed by atoms with Gasteiger partial charge in [-0.1, -0.05) is 66.7 Å². The van der Waals surface area contributed by atoms with Crippen LogP contribution in [-0.2, 0) is 29.0 Å². The minimum atomic E-state index is -1.38. The molecule has 2 aliphatic rings. The summed E-state index contributed by atoms with van der Waals surface area (Å²) in [5.41, 5.74) is 2.67. The second-order valence-electron chi connectivity index (χ2n) is 14.2. The lowest BCUT2D eigenvalue weighted by atomic mass is 10.0. The second-order valence-corrected chi connectivity index (χ2v) is 14.2. The Balaban J connectivity index is 1.25. The van der Waals surface area contributed by atoms with E-state index in [-0.39, 0.29) is 50.1 Å². The van der Waals surface area contributed by atoms with Crippen molar-refractivity contribution in [3.8, 4) is 22.9 Å². The van der Waals surface area contributed by atoms with Crippen LogP contribution in [0.25, 0.3) is 11.4 Å². The number of rotatable bonds is 7. The zero-order chi connectivity index (χ0) is 41.2. The van der Waals surface area contributed by atoms with Crippen molar-refractivity contribution in [3.63, 3.8) is 0 Å². The number of amides is 4. The predicted octanol–water partition coefficient (Wildman–Crippen LogP) is 2.56. The Morgan fingerprint density at radius 1 is 0.948 bits per heavy atom. The molecule has 0 radical (unpaired) electrons. The number of benzene rings is 3. The van der Waals surface area contributed by atoms with Gasteiger partial charge >= 0.3 is 0 Å². The highest BCUT2D eigenvalue weighted by atomic mass is 16.5. The highest BCUT2D eigenvalue weighted by Gasteiger charge is 2.31. The first kappa shape index (κ1) is 41.0. The lowest BCUT2D eigenvalue weighted by Gasteiger charge is -2.26. The number of carbonyl (C=O) groups excluding carboxylic acids is 4. The van der Waals surface area contributed by atoms with Gasteiger partial charge in [-0.3, -0.25) is 19.2 Å². The SMILES string of the molecule is COc1cc2ccc1OCCn1cc(nn1)CCN(C(=O)c1ccc(-c3noc(C(C)C)n3)cc1)CCNC(=O)[C@H]([C@@H](C)O)NC(=O)[C@@H](Cc1ccccc1)NC2=O. The quantitative estimate of drug-likeness (QED) is 0.175. The standard InChI is InChI=1S/C41H47N9O8/c1-25(2)40-45-36(47-58-40)28-10-12-29(13-11-28)41(55)49-18-16-31-24-50(48-46-31)20-21-57-33-15-14-30(23-34(33)56-4)37(52)43-32(22-27-8-6-5-7-9-27)38(53)44-35(26(3)51)39(54)42-17-19-49/h5-15,23-26,32,35,51H,16-22H2,1-4H3,(H,42,54)(H,43,52)(H,44,53)/t26-,32-,35+/m1/s1. The third-order valence-corrected chi connectivity index (χ3v) is 9.49. The molecule has 0 aliphatic carbocycles. The van der Waals surface area contributed by atoms with Crippen LogP contribution in [-0.4, -0.2) is 110 Å². The van der Waals surface area contributed by atoms with Gasteiger partial charge in [-0.2, -0.15) is 4.98 Å². The zero-order valence-electron chi connectivity index (χ0n) is 32.8. The Bertz CT molecular complexity index is 2190. The van der Waals surface area contributed by atoms with Gasteiger partial charge in [-0.25, -0.2) is 4.68 Å². The van der Waals surface area contributed by atoms with E-state index in [1.807, 2.05) is 44.2 Å². The van der Waals surface area contributed by atoms with Crippen molar-refractivity contribution in [1.29, 1.82) is 0 Å². The highest BCUT2D eigenvalue weighted by molar-refractivity contribution is 5.99. The highest BCUT2D eigenvalue weighted by Crippen LogP contribution is 2.28. The van der Waals surface area contributed by atoms with Crippen LogP contribution >= 0.6 is 0 Å². The number of nitrogens with zero attached hydrogens (tertiary/aromatic N) is 6. The number of ether oxygens (including phenoxy) is 2. The Hall–Kier alpha value is -6.62. The van der Waals surface area contributed by atoms with Gasteiger partial charge < -0.3 is 40.0 Å². The van der Waals surface area contributed by atoms with Gasteiger partial charge in [-0.05, 0) is 42.8 Å². The van der Waals surface area contributed by atoms with E-state index < -0.39 is 35.9 Å². The lowest BCUT2D eigenvalue weighted by molar-refractivity contribution is -0.132. The van der Waals surface area contributed by atoms with Gasteiger partial charge in [0.2, 0.25) is 23.5 Å². The van der Waals surface area contributed by atoms with Crippen LogP contribution in [0.2, 0.25) is 0 Å². The number of hydrogen-bond donors (Lipinski definition) is 4. The maximum absolute atomic E-state index is 14.0. The molecule has 3 aromatic carbocycles. The molecule has 304 valence electrons. The van der Waals surface area contributed by atoms with E-state index in [2.05, 4.69) is 36.4 Å². The Morgan fingerprint density at radius 2 is 1.71 bits per heavy atom. The van der Waals surface area contributed by atoms with E-state index >= 15 is 0 Å². The summed E-state index contributed by atoms with van der Waals surface area (Å²) < 4.78 is 18.5. The summed E-state index contributed by atoms with van der Waals surface area (Å²) in [6.45, 7) is 6.14. The molecule has 2 aromatic heterocycles. The fourth-order valence-electron chi connectivity index (χ4n) is 6.22. The smallest absolute Gasteiger partial charge is 0.253 e. The fraction of sp³-hybridized carbons (Fsp3) is 0.366. The molecular formula is C41H47N9O8. The molecular weight excluding hydrogens is 747 g/mol. The fourth-order valence-corrected chi connectivity index (χ4v) is 6.22. The third-order valence-electron chi connectivity index (χ3n) is 9.49. The molecule has 4 amide bonds. The van der Waals surface area contributed by atoms with E-state index in [1.165, 1.54) is 20.1 Å². The second kappa shape index (κ2) is 19.0. The van der Waals surface area contributed by atoms with Crippen molar-refractivity contribution < 1.29 is 38.3 Å². The summed E-state index contributed by atoms with van der Waals surface area (Å²) >= 11 is 0. The van der Waals surface area contributed by atoms with Gasteiger partial charge in [-0.15, -0.1) is 5.10 Å². The van der Waals surface area contributed by atoms with Crippen LogP contribution in [0.15, 0.2) is 83.5 Å². The minimum Gasteiger partial charge on any atom is -0.493 e. The summed E-state index contributed by atoms with van der Waals surface area (Å²) in [6.07, 6.45) is 0.908. The van der Waals surface area contributed by atoms with Crippen LogP contribution in [0.3, 0.4) is 0 Å². The Labute approximate surface area is 335 Å². The first-order valence-electron chi connectivity index (χ1n) is 19.0. The van der Waals surface area contributed by atoms with Gasteiger partial charge in [0.15, 0.2) is 11.5 Å². The van der Waals surface area contributed by atoms with Gasteiger partial charge in [0.1, 0.15) is 18.7 Å². The minimum absolute atomic E-state index is 0.00551. The van der Waals surface area contributed by atoms with Crippen LogP contribution in [0, 0.1) is 0 Å². The number of methoxy groups -OCH3 is 1. The molecule has 3 atom stereocenters. The van der Waals surface area contributed by atoms with Gasteiger partial charge in [0.25, 0.3) is 11.8 Å². The molecule has 4 heterocycles. The number of fused-ring (bicyclic) bond motifs is 16. The molecule has 0 unspecified atom stereocenters. The van der Waals surface area contributed by atoms with E-state index in [0.29, 0.717) is 53.0 Å². The van der Waals surface area contributed by atoms with E-state index in [4.69, 9.17) is 14.0 Å². The molecule has 2 aliphatic heterocycles. The molecule has 58 heavy (non-hydrogen) atoms. The molecule has 17 nitrogen and oxygen atoms in total. The molecule has 0 saturated heterocycles. The van der Waals surface area contributed by atoms with Crippen molar-refractivity contribution in [3.05, 3.63) is 107 Å². The molecule has 7 rings (SSSR count). The first-order chi connectivity index (χ1) is 28.0. The molecule has 0 saturated carbocycles. The number of hydrogen-bond acceptors (Lipinski definition) is 12. The number of nitrogens with one attached hydrogen (secondary N) is 3. The normalized spacial score (nSPS) is 17.8. The molecule has 4 bridgehead atoms. The van der Waals surface area contributed by atoms with Crippen LogP contribution in [0.1, 0.15) is 64.6 Å². The number of aromatic nitrogens is 5. The summed E-state index contributed by atoms with van der Waals surface area (Å²) in [6, 6.07) is 18.1. The summed E-state index contributed by atoms with van der Waals surface area (Å²) in [5, 5.41) is 31.4. The summed E-state index contributed by atoms with van der Waals surface area (Å²) in [7, 11) is 1.45. The van der Waals surface area contributed by atoms with Crippen molar-refractivity contribution in [2.75, 3.05) is 33.4 Å². The van der Waals surface area contributed by atoms with E-state index in [1.54, 1.807) is 52.2 Å². The van der Waals surface area contributed by atoms with Crippen molar-refractivity contribution in [2.24, 2.45) is 0 Å². The average Bonchev–Trinajstić information content (AvgIpc) is 3.91. The predicted molar refractivity (Wildman–Crippen MR) is 210 cm³/mol. The van der Waals surface area contributed by atoms with Crippen LogP contribution in [0.4, 0.5) is 0 Å².